The summed E-state index contributed by atoms with van der Waals surface area (Å²) in [4.78, 5) is 0.0117. The van der Waals surface area contributed by atoms with Crippen LogP contribution in [0, 0.1) is 0 Å². The van der Waals surface area contributed by atoms with Crippen LogP contribution in [-0.4, -0.2) is 23.5 Å². The van der Waals surface area contributed by atoms with Gasteiger partial charge < -0.3 is 4.52 Å². The zero-order valence-corrected chi connectivity index (χ0v) is 16.4. The van der Waals surface area contributed by atoms with Crippen LogP contribution in [0.3, 0.4) is 0 Å². The van der Waals surface area contributed by atoms with Crippen molar-refractivity contribution in [3.8, 4) is 22.4 Å². The topological polar surface area (TPSA) is 103 Å². The van der Waals surface area contributed by atoms with E-state index in [2.05, 4.69) is 5.16 Å². The van der Waals surface area contributed by atoms with E-state index in [0.29, 0.717) is 27.7 Å². The zero-order valence-electron chi connectivity index (χ0n) is 14.8. The third-order valence-electron chi connectivity index (χ3n) is 4.07. The van der Waals surface area contributed by atoms with Gasteiger partial charge >= 0.3 is 0 Å². The number of rotatable bonds is 7. The number of aromatic nitrogens is 1. The molecule has 1 atom stereocenters. The Morgan fingerprint density at radius 3 is 2.30 bits per heavy atom. The Morgan fingerprint density at radius 1 is 1.04 bits per heavy atom. The number of hydrogen-bond acceptors (Lipinski definition) is 5. The SMILES string of the molecule is CCCCS(=O)c1onc(-c2ccccc2)c1-c1ccc(S(N)(=O)=O)cc1. The first-order valence-electron chi connectivity index (χ1n) is 8.48. The van der Waals surface area contributed by atoms with Crippen LogP contribution in [-0.2, 0) is 20.8 Å². The van der Waals surface area contributed by atoms with Crippen LogP contribution >= 0.6 is 0 Å². The molecule has 1 heterocycles. The first-order chi connectivity index (χ1) is 12.9. The van der Waals surface area contributed by atoms with Crippen molar-refractivity contribution in [2.45, 2.75) is 29.8 Å². The molecule has 2 N–H and O–H groups in total. The average molecular weight is 405 g/mol. The van der Waals surface area contributed by atoms with Crippen LogP contribution in [0.15, 0.2) is 69.1 Å². The van der Waals surface area contributed by atoms with Gasteiger partial charge in [0.2, 0.25) is 15.1 Å². The standard InChI is InChI=1S/C19H20N2O4S2/c1-2-3-13-26(22)19-17(14-9-11-16(12-10-14)27(20,23)24)18(21-25-19)15-7-5-4-6-8-15/h4-12H,2-3,13H2,1H3,(H2,20,23,24). The normalized spacial score (nSPS) is 12.8. The van der Waals surface area contributed by atoms with Gasteiger partial charge in [-0.2, -0.15) is 0 Å². The quantitative estimate of drug-likeness (QED) is 0.648. The number of primary sulfonamides is 1. The van der Waals surface area contributed by atoms with Crippen molar-refractivity contribution in [3.63, 3.8) is 0 Å². The fourth-order valence-corrected chi connectivity index (χ4v) is 4.47. The van der Waals surface area contributed by atoms with Gasteiger partial charge in [0.05, 0.1) is 21.3 Å². The van der Waals surface area contributed by atoms with Gasteiger partial charge in [0.15, 0.2) is 0 Å². The van der Waals surface area contributed by atoms with Crippen LogP contribution in [0.2, 0.25) is 0 Å². The maximum absolute atomic E-state index is 12.7. The molecule has 142 valence electrons. The molecule has 0 amide bonds. The first kappa shape index (κ1) is 19.5. The Bertz CT molecular complexity index is 1040. The molecule has 0 fully saturated rings. The molecule has 1 unspecified atom stereocenters. The monoisotopic (exact) mass is 404 g/mol. The number of nitrogens with zero attached hydrogens (tertiary/aromatic N) is 1. The summed E-state index contributed by atoms with van der Waals surface area (Å²) in [6.07, 6.45) is 1.72. The third kappa shape index (κ3) is 4.35. The number of hydrogen-bond donors (Lipinski definition) is 1. The molecule has 3 aromatic rings. The number of unbranched alkanes of at least 4 members (excludes halogenated alkanes) is 1. The lowest BCUT2D eigenvalue weighted by Gasteiger charge is -2.06. The third-order valence-corrected chi connectivity index (χ3v) is 6.35. The minimum Gasteiger partial charge on any atom is -0.346 e. The molecule has 27 heavy (non-hydrogen) atoms. The van der Waals surface area contributed by atoms with E-state index < -0.39 is 20.8 Å². The summed E-state index contributed by atoms with van der Waals surface area (Å²) in [5.41, 5.74) is 2.67. The fourth-order valence-electron chi connectivity index (χ4n) is 2.66. The number of benzene rings is 2. The van der Waals surface area contributed by atoms with E-state index in [0.717, 1.165) is 18.4 Å². The van der Waals surface area contributed by atoms with Crippen molar-refractivity contribution in [1.82, 2.24) is 5.16 Å². The van der Waals surface area contributed by atoms with E-state index in [9.17, 15) is 12.6 Å². The second kappa shape index (κ2) is 8.16. The molecule has 0 saturated heterocycles. The Hall–Kier alpha value is -2.29. The van der Waals surface area contributed by atoms with Crippen molar-refractivity contribution >= 4 is 20.8 Å². The van der Waals surface area contributed by atoms with Gasteiger partial charge in [0.1, 0.15) is 5.69 Å². The second-order valence-electron chi connectivity index (χ2n) is 6.03. The zero-order chi connectivity index (χ0) is 19.4. The molecule has 0 saturated carbocycles. The van der Waals surface area contributed by atoms with Gasteiger partial charge in [-0.3, -0.25) is 4.21 Å². The maximum atomic E-state index is 12.7. The molecule has 2 aromatic carbocycles. The van der Waals surface area contributed by atoms with E-state index in [1.165, 1.54) is 12.1 Å². The van der Waals surface area contributed by atoms with Gasteiger partial charge in [0.25, 0.3) is 0 Å². The largest absolute Gasteiger partial charge is 0.346 e. The fraction of sp³-hybridized carbons (Fsp3) is 0.211. The lowest BCUT2D eigenvalue weighted by molar-refractivity contribution is 0.348. The van der Waals surface area contributed by atoms with E-state index in [1.807, 2.05) is 37.3 Å². The van der Waals surface area contributed by atoms with Gasteiger partial charge in [-0.05, 0) is 24.1 Å². The Labute approximate surface area is 160 Å². The first-order valence-corrected chi connectivity index (χ1v) is 11.3. The molecule has 3 rings (SSSR count). The molecular formula is C19H20N2O4S2. The molecule has 0 spiro atoms. The minimum absolute atomic E-state index is 0.0117. The smallest absolute Gasteiger partial charge is 0.238 e. The highest BCUT2D eigenvalue weighted by molar-refractivity contribution is 7.89. The molecule has 8 heteroatoms. The molecule has 0 aliphatic rings. The van der Waals surface area contributed by atoms with Crippen LogP contribution in [0.25, 0.3) is 22.4 Å². The highest BCUT2D eigenvalue weighted by Crippen LogP contribution is 2.36. The summed E-state index contributed by atoms with van der Waals surface area (Å²) in [5.74, 6) is 0.474. The van der Waals surface area contributed by atoms with Crippen LogP contribution < -0.4 is 5.14 Å². The van der Waals surface area contributed by atoms with Crippen molar-refractivity contribution < 1.29 is 17.1 Å². The van der Waals surface area contributed by atoms with Crippen molar-refractivity contribution in [1.29, 1.82) is 0 Å². The predicted molar refractivity (Wildman–Crippen MR) is 105 cm³/mol. The average Bonchev–Trinajstić information content (AvgIpc) is 3.11. The molecule has 1 aromatic heterocycles. The summed E-state index contributed by atoms with van der Waals surface area (Å²) in [6.45, 7) is 2.03. The van der Waals surface area contributed by atoms with Crippen molar-refractivity contribution in [2.24, 2.45) is 5.14 Å². The van der Waals surface area contributed by atoms with Crippen molar-refractivity contribution in [2.75, 3.05) is 5.75 Å². The maximum Gasteiger partial charge on any atom is 0.238 e. The predicted octanol–water partition coefficient (Wildman–Crippen LogP) is 3.56. The second-order valence-corrected chi connectivity index (χ2v) is 9.06. The lowest BCUT2D eigenvalue weighted by atomic mass is 10.0. The number of nitrogens with two attached hydrogens (primary N) is 1. The van der Waals surface area contributed by atoms with Crippen LogP contribution in [0.4, 0.5) is 0 Å². The summed E-state index contributed by atoms with van der Waals surface area (Å²) in [5, 5.41) is 9.62. The summed E-state index contributed by atoms with van der Waals surface area (Å²) in [7, 11) is -5.13. The van der Waals surface area contributed by atoms with E-state index in [4.69, 9.17) is 9.66 Å². The molecule has 0 radical (unpaired) electrons. The molecule has 0 aliphatic heterocycles. The van der Waals surface area contributed by atoms with Crippen LogP contribution in [0.5, 0.6) is 0 Å². The van der Waals surface area contributed by atoms with Gasteiger partial charge in [0, 0.05) is 11.3 Å². The summed E-state index contributed by atoms with van der Waals surface area (Å²) < 4.78 is 41.2. The van der Waals surface area contributed by atoms with Gasteiger partial charge in [-0.25, -0.2) is 13.6 Å². The highest BCUT2D eigenvalue weighted by Gasteiger charge is 2.23. The molecule has 6 nitrogen and oxygen atoms in total. The Kier molecular flexibility index (Phi) is 5.88. The summed E-state index contributed by atoms with van der Waals surface area (Å²) >= 11 is 0. The van der Waals surface area contributed by atoms with Gasteiger partial charge in [-0.1, -0.05) is 61.0 Å². The Morgan fingerprint density at radius 2 is 1.70 bits per heavy atom. The molecular weight excluding hydrogens is 384 g/mol. The van der Waals surface area contributed by atoms with E-state index >= 15 is 0 Å². The van der Waals surface area contributed by atoms with Crippen LogP contribution in [0.1, 0.15) is 19.8 Å². The lowest BCUT2D eigenvalue weighted by Crippen LogP contribution is -2.11. The minimum atomic E-state index is -3.79. The van der Waals surface area contributed by atoms with E-state index in [1.54, 1.807) is 12.1 Å². The highest BCUT2D eigenvalue weighted by atomic mass is 32.2. The van der Waals surface area contributed by atoms with Crippen molar-refractivity contribution in [3.05, 3.63) is 54.6 Å². The summed E-state index contributed by atoms with van der Waals surface area (Å²) in [6, 6.07) is 15.5. The van der Waals surface area contributed by atoms with Gasteiger partial charge in [-0.15, -0.1) is 0 Å². The molecule has 0 aliphatic carbocycles. The van der Waals surface area contributed by atoms with E-state index in [-0.39, 0.29) is 4.90 Å². The molecule has 0 bridgehead atoms. The Balaban J connectivity index is 2.13. The number of sulfonamides is 1.